The molecule has 0 spiro atoms. The lowest BCUT2D eigenvalue weighted by molar-refractivity contribution is 0.0715. The predicted octanol–water partition coefficient (Wildman–Crippen LogP) is 4.23. The van der Waals surface area contributed by atoms with Crippen molar-refractivity contribution in [2.24, 2.45) is 0 Å². The van der Waals surface area contributed by atoms with Gasteiger partial charge in [-0.3, -0.25) is 4.79 Å². The number of carbonyl (C=O) groups excluding carboxylic acids is 1. The van der Waals surface area contributed by atoms with Gasteiger partial charge in [-0.25, -0.2) is 4.68 Å². The lowest BCUT2D eigenvalue weighted by atomic mass is 10.1. The lowest BCUT2D eigenvalue weighted by Gasteiger charge is -2.26. The van der Waals surface area contributed by atoms with Gasteiger partial charge in [-0.15, -0.1) is 11.3 Å². The van der Waals surface area contributed by atoms with Gasteiger partial charge >= 0.3 is 0 Å². The third kappa shape index (κ3) is 2.87. The Morgan fingerprint density at radius 2 is 1.79 bits per heavy atom. The maximum absolute atomic E-state index is 13.0. The third-order valence-electron chi connectivity index (χ3n) is 4.35. The summed E-state index contributed by atoms with van der Waals surface area (Å²) in [6.45, 7) is 1.68. The van der Waals surface area contributed by atoms with Crippen molar-refractivity contribution in [2.45, 2.75) is 19.3 Å². The first kappa shape index (κ1) is 15.1. The summed E-state index contributed by atoms with van der Waals surface area (Å²) in [5, 5.41) is 6.75. The molecule has 3 aromatic rings. The normalized spacial score (nSPS) is 14.8. The van der Waals surface area contributed by atoms with Crippen LogP contribution in [0.1, 0.15) is 29.8 Å². The molecule has 0 saturated carbocycles. The Morgan fingerprint density at radius 1 is 1.00 bits per heavy atom. The molecular weight excluding hydrogens is 318 g/mol. The van der Waals surface area contributed by atoms with E-state index in [4.69, 9.17) is 5.10 Å². The highest BCUT2D eigenvalue weighted by molar-refractivity contribution is 7.13. The Bertz CT molecular complexity index is 818. The maximum Gasteiger partial charge on any atom is 0.272 e. The van der Waals surface area contributed by atoms with Crippen molar-refractivity contribution in [3.8, 4) is 16.3 Å². The van der Waals surface area contributed by atoms with Crippen molar-refractivity contribution in [3.63, 3.8) is 0 Å². The molecule has 1 saturated heterocycles. The number of piperidine rings is 1. The quantitative estimate of drug-likeness (QED) is 0.717. The Kier molecular flexibility index (Phi) is 4.17. The smallest absolute Gasteiger partial charge is 0.272 e. The highest BCUT2D eigenvalue weighted by Gasteiger charge is 2.24. The van der Waals surface area contributed by atoms with Gasteiger partial charge in [0.25, 0.3) is 5.91 Å². The first-order valence-corrected chi connectivity index (χ1v) is 9.19. The molecule has 4 rings (SSSR count). The molecule has 2 aromatic heterocycles. The molecule has 4 nitrogen and oxygen atoms in total. The molecular formula is C19H19N3OS. The van der Waals surface area contributed by atoms with Gasteiger partial charge in [-0.05, 0) is 48.9 Å². The van der Waals surface area contributed by atoms with Gasteiger partial charge in [0.05, 0.1) is 10.6 Å². The number of amides is 1. The molecule has 0 atom stereocenters. The molecule has 1 aliphatic rings. The Labute approximate surface area is 145 Å². The number of rotatable bonds is 3. The van der Waals surface area contributed by atoms with Crippen LogP contribution in [0.4, 0.5) is 0 Å². The van der Waals surface area contributed by atoms with Gasteiger partial charge in [0.15, 0.2) is 0 Å². The van der Waals surface area contributed by atoms with Crippen LogP contribution in [-0.4, -0.2) is 33.7 Å². The number of likely N-dealkylation sites (tertiary alicyclic amines) is 1. The van der Waals surface area contributed by atoms with Gasteiger partial charge in [0.1, 0.15) is 11.4 Å². The van der Waals surface area contributed by atoms with Gasteiger partial charge in [0.2, 0.25) is 0 Å². The molecule has 24 heavy (non-hydrogen) atoms. The van der Waals surface area contributed by atoms with Crippen molar-refractivity contribution in [3.05, 3.63) is 59.6 Å². The van der Waals surface area contributed by atoms with E-state index in [9.17, 15) is 4.79 Å². The van der Waals surface area contributed by atoms with Crippen molar-refractivity contribution in [1.29, 1.82) is 0 Å². The first-order chi connectivity index (χ1) is 11.8. The minimum Gasteiger partial charge on any atom is -0.337 e. The molecule has 0 aliphatic carbocycles. The first-order valence-electron chi connectivity index (χ1n) is 8.31. The zero-order valence-corrected chi connectivity index (χ0v) is 14.2. The average molecular weight is 337 g/mol. The molecule has 122 valence electrons. The molecule has 0 bridgehead atoms. The Morgan fingerprint density at radius 3 is 2.50 bits per heavy atom. The van der Waals surface area contributed by atoms with Crippen molar-refractivity contribution < 1.29 is 4.79 Å². The number of nitrogens with zero attached hydrogens (tertiary/aromatic N) is 3. The number of para-hydroxylation sites is 1. The lowest BCUT2D eigenvalue weighted by Crippen LogP contribution is -2.36. The van der Waals surface area contributed by atoms with Crippen LogP contribution >= 0.6 is 11.3 Å². The van der Waals surface area contributed by atoms with E-state index in [-0.39, 0.29) is 5.91 Å². The van der Waals surface area contributed by atoms with Crippen LogP contribution in [0.2, 0.25) is 0 Å². The topological polar surface area (TPSA) is 38.1 Å². The van der Waals surface area contributed by atoms with Gasteiger partial charge in [-0.1, -0.05) is 24.3 Å². The summed E-state index contributed by atoms with van der Waals surface area (Å²) in [6, 6.07) is 15.9. The van der Waals surface area contributed by atoms with Gasteiger partial charge < -0.3 is 4.90 Å². The fraction of sp³-hybridized carbons (Fsp3) is 0.263. The second-order valence-electron chi connectivity index (χ2n) is 5.99. The van der Waals surface area contributed by atoms with Crippen LogP contribution in [0.15, 0.2) is 53.9 Å². The largest absolute Gasteiger partial charge is 0.337 e. The summed E-state index contributed by atoms with van der Waals surface area (Å²) in [4.78, 5) is 16.1. The number of hydrogen-bond donors (Lipinski definition) is 0. The third-order valence-corrected chi connectivity index (χ3v) is 5.24. The van der Waals surface area contributed by atoms with Crippen molar-refractivity contribution >= 4 is 17.2 Å². The molecule has 3 heterocycles. The SMILES string of the molecule is O=C(c1cc(-c2cccs2)nn1-c1ccccc1)N1CCCCC1. The highest BCUT2D eigenvalue weighted by Crippen LogP contribution is 2.27. The van der Waals surface area contributed by atoms with E-state index in [1.807, 2.05) is 58.8 Å². The van der Waals surface area contributed by atoms with Crippen LogP contribution in [0, 0.1) is 0 Å². The average Bonchev–Trinajstić information content (AvgIpc) is 3.32. The second kappa shape index (κ2) is 6.61. The van der Waals surface area contributed by atoms with Gasteiger partial charge in [-0.2, -0.15) is 5.10 Å². The Hall–Kier alpha value is -2.40. The number of hydrogen-bond acceptors (Lipinski definition) is 3. The predicted molar refractivity (Wildman–Crippen MR) is 96.6 cm³/mol. The number of aromatic nitrogens is 2. The molecule has 1 fully saturated rings. The van der Waals surface area contributed by atoms with Crippen LogP contribution in [0.5, 0.6) is 0 Å². The summed E-state index contributed by atoms with van der Waals surface area (Å²) >= 11 is 1.64. The fourth-order valence-electron chi connectivity index (χ4n) is 3.10. The van der Waals surface area contributed by atoms with Crippen molar-refractivity contribution in [1.82, 2.24) is 14.7 Å². The van der Waals surface area contributed by atoms with E-state index >= 15 is 0 Å². The molecule has 0 radical (unpaired) electrons. The van der Waals surface area contributed by atoms with E-state index in [0.29, 0.717) is 5.69 Å². The summed E-state index contributed by atoms with van der Waals surface area (Å²) in [7, 11) is 0. The molecule has 0 unspecified atom stereocenters. The fourth-order valence-corrected chi connectivity index (χ4v) is 3.78. The molecule has 5 heteroatoms. The molecule has 0 N–H and O–H groups in total. The standard InChI is InChI=1S/C19H19N3OS/c23-19(21-11-5-2-6-12-21)17-14-16(18-10-7-13-24-18)20-22(17)15-8-3-1-4-9-15/h1,3-4,7-10,13-14H,2,5-6,11-12H2. The summed E-state index contributed by atoms with van der Waals surface area (Å²) in [5.74, 6) is 0.0776. The maximum atomic E-state index is 13.0. The minimum absolute atomic E-state index is 0.0776. The summed E-state index contributed by atoms with van der Waals surface area (Å²) in [6.07, 6.45) is 3.38. The summed E-state index contributed by atoms with van der Waals surface area (Å²) < 4.78 is 1.78. The molecule has 1 amide bonds. The Balaban J connectivity index is 1.77. The molecule has 1 aromatic carbocycles. The van der Waals surface area contributed by atoms with E-state index in [1.165, 1.54) is 6.42 Å². The number of carbonyl (C=O) groups is 1. The van der Waals surface area contributed by atoms with Crippen LogP contribution < -0.4 is 0 Å². The van der Waals surface area contributed by atoms with Crippen LogP contribution in [0.25, 0.3) is 16.3 Å². The zero-order valence-electron chi connectivity index (χ0n) is 13.4. The van der Waals surface area contributed by atoms with E-state index in [2.05, 4.69) is 0 Å². The van der Waals surface area contributed by atoms with E-state index in [1.54, 1.807) is 16.0 Å². The van der Waals surface area contributed by atoms with Crippen LogP contribution in [0.3, 0.4) is 0 Å². The van der Waals surface area contributed by atoms with E-state index < -0.39 is 0 Å². The second-order valence-corrected chi connectivity index (χ2v) is 6.94. The summed E-state index contributed by atoms with van der Waals surface area (Å²) in [5.41, 5.74) is 2.42. The van der Waals surface area contributed by atoms with Gasteiger partial charge in [0, 0.05) is 13.1 Å². The zero-order chi connectivity index (χ0) is 16.4. The monoisotopic (exact) mass is 337 g/mol. The van der Waals surface area contributed by atoms with E-state index in [0.717, 1.165) is 42.2 Å². The molecule has 1 aliphatic heterocycles. The van der Waals surface area contributed by atoms with Crippen LogP contribution in [-0.2, 0) is 0 Å². The highest BCUT2D eigenvalue weighted by atomic mass is 32.1. The number of thiophene rings is 1. The minimum atomic E-state index is 0.0776. The number of benzene rings is 1. The van der Waals surface area contributed by atoms with Crippen molar-refractivity contribution in [2.75, 3.05) is 13.1 Å².